The Balaban J connectivity index is 0.000000320. The molecule has 2 aromatic heterocycles. The largest absolute Gasteiger partial charge is 0.444 e. The quantitative estimate of drug-likeness (QED) is 0.335. The number of pyridine rings is 2. The predicted octanol–water partition coefficient (Wildman–Crippen LogP) is 7.50. The Bertz CT molecular complexity index is 1230. The summed E-state index contributed by atoms with van der Waals surface area (Å²) in [5, 5.41) is 0. The number of amides is 2. The van der Waals surface area contributed by atoms with E-state index in [4.69, 9.17) is 19.4 Å². The first-order valence-electron chi connectivity index (χ1n) is 16.8. The topological polar surface area (TPSA) is 91.3 Å². The molecule has 0 saturated carbocycles. The molecule has 47 heavy (non-hydrogen) atoms. The van der Waals surface area contributed by atoms with Gasteiger partial charge in [0.1, 0.15) is 22.8 Å². The van der Waals surface area contributed by atoms with Crippen LogP contribution in [0.25, 0.3) is 0 Å². The average Bonchev–Trinajstić information content (AvgIpc) is 3.25. The lowest BCUT2D eigenvalue weighted by Crippen LogP contribution is -2.38. The van der Waals surface area contributed by atoms with Crippen LogP contribution >= 0.6 is 0 Å². The van der Waals surface area contributed by atoms with E-state index >= 15 is 0 Å². The summed E-state index contributed by atoms with van der Waals surface area (Å²) in [5.41, 5.74) is 3.75. The van der Waals surface area contributed by atoms with E-state index < -0.39 is 11.2 Å². The second-order valence-corrected chi connectivity index (χ2v) is 14.6. The zero-order valence-corrected chi connectivity index (χ0v) is 30.4. The highest BCUT2D eigenvalue weighted by Gasteiger charge is 2.29. The van der Waals surface area contributed by atoms with Crippen molar-refractivity contribution in [3.8, 4) is 0 Å². The predicted molar refractivity (Wildman–Crippen MR) is 193 cm³/mol. The van der Waals surface area contributed by atoms with E-state index in [1.807, 2.05) is 55.6 Å². The molecular formula is C37H62N6O4. The molecule has 0 spiro atoms. The highest BCUT2D eigenvalue weighted by Crippen LogP contribution is 2.28. The number of carbonyl (C=O) groups excluding carboxylic acids is 2. The van der Waals surface area contributed by atoms with Crippen molar-refractivity contribution in [1.29, 1.82) is 0 Å². The number of hydrogen-bond donors (Lipinski definition) is 0. The number of nitrogens with zero attached hydrogens (tertiary/aromatic N) is 6. The number of carbonyl (C=O) groups is 2. The monoisotopic (exact) mass is 654 g/mol. The molecule has 2 aliphatic heterocycles. The molecule has 10 nitrogen and oxygen atoms in total. The minimum atomic E-state index is -0.464. The summed E-state index contributed by atoms with van der Waals surface area (Å²) in [4.78, 5) is 42.3. The van der Waals surface area contributed by atoms with Gasteiger partial charge in [0.05, 0.1) is 11.4 Å². The Labute approximate surface area is 284 Å². The molecule has 264 valence electrons. The first-order valence-corrected chi connectivity index (χ1v) is 16.8. The fourth-order valence-corrected chi connectivity index (χ4v) is 5.52. The zero-order chi connectivity index (χ0) is 34.4. The number of aromatic nitrogens is 2. The van der Waals surface area contributed by atoms with Crippen molar-refractivity contribution >= 4 is 23.8 Å². The van der Waals surface area contributed by atoms with E-state index in [0.29, 0.717) is 26.2 Å². The molecule has 0 aliphatic carbocycles. The van der Waals surface area contributed by atoms with Crippen LogP contribution in [0.3, 0.4) is 0 Å². The van der Waals surface area contributed by atoms with Crippen molar-refractivity contribution in [2.24, 2.45) is 0 Å². The third kappa shape index (κ3) is 11.3. The molecule has 4 heterocycles. The third-order valence-corrected chi connectivity index (χ3v) is 8.25. The molecule has 0 unspecified atom stereocenters. The van der Waals surface area contributed by atoms with Crippen LogP contribution in [-0.2, 0) is 22.3 Å². The van der Waals surface area contributed by atoms with Crippen molar-refractivity contribution in [2.75, 3.05) is 63.2 Å². The van der Waals surface area contributed by atoms with Gasteiger partial charge < -0.3 is 29.1 Å². The molecule has 2 aliphatic rings. The highest BCUT2D eigenvalue weighted by molar-refractivity contribution is 5.69. The Kier molecular flexibility index (Phi) is 13.9. The van der Waals surface area contributed by atoms with Gasteiger partial charge in [0, 0.05) is 65.2 Å². The maximum Gasteiger partial charge on any atom is 0.410 e. The molecule has 2 atom stereocenters. The van der Waals surface area contributed by atoms with Gasteiger partial charge in [-0.15, -0.1) is 0 Å². The maximum atomic E-state index is 12.4. The normalized spacial score (nSPS) is 17.8. The van der Waals surface area contributed by atoms with Gasteiger partial charge in [0.15, 0.2) is 0 Å². The van der Waals surface area contributed by atoms with Crippen molar-refractivity contribution in [3.05, 3.63) is 46.8 Å². The van der Waals surface area contributed by atoms with Crippen LogP contribution in [0.5, 0.6) is 0 Å². The molecule has 0 N–H and O–H groups in total. The van der Waals surface area contributed by atoms with E-state index in [1.54, 1.807) is 9.80 Å². The van der Waals surface area contributed by atoms with Crippen molar-refractivity contribution in [1.82, 2.24) is 19.8 Å². The van der Waals surface area contributed by atoms with E-state index in [0.717, 1.165) is 49.0 Å². The standard InChI is InChI=1S/2C18H29N3O2.CH4/c2*1-7-20(6)15-9-8-14-10-11-21(12-13(2)16(14)19-15)17(22)23-18(3,4)5;/h2*8-9,13H,7,10-12H2,1-6H3;1H4/t2*13-;/m10./s1. The molecule has 10 heteroatoms. The molecule has 4 rings (SSSR count). The zero-order valence-electron chi connectivity index (χ0n) is 30.4. The molecule has 2 amide bonds. The average molecular weight is 655 g/mol. The van der Waals surface area contributed by atoms with Crippen LogP contribution in [0.4, 0.5) is 21.2 Å². The maximum absolute atomic E-state index is 12.4. The number of fused-ring (bicyclic) bond motifs is 2. The van der Waals surface area contributed by atoms with Crippen LogP contribution < -0.4 is 9.80 Å². The summed E-state index contributed by atoms with van der Waals surface area (Å²) in [6.07, 6.45) is 1.18. The van der Waals surface area contributed by atoms with Crippen LogP contribution in [0.15, 0.2) is 24.3 Å². The van der Waals surface area contributed by atoms with Crippen LogP contribution in [0.1, 0.15) is 111 Å². The van der Waals surface area contributed by atoms with E-state index in [1.165, 1.54) is 11.1 Å². The van der Waals surface area contributed by atoms with E-state index in [-0.39, 0.29) is 31.4 Å². The van der Waals surface area contributed by atoms with Gasteiger partial charge in [0.2, 0.25) is 0 Å². The second-order valence-electron chi connectivity index (χ2n) is 14.6. The molecule has 0 radical (unpaired) electrons. The van der Waals surface area contributed by atoms with Gasteiger partial charge in [-0.3, -0.25) is 0 Å². The minimum absolute atomic E-state index is 0. The van der Waals surface area contributed by atoms with Gasteiger partial charge in [-0.2, -0.15) is 0 Å². The van der Waals surface area contributed by atoms with Gasteiger partial charge in [-0.1, -0.05) is 33.4 Å². The Hall–Kier alpha value is -3.56. The lowest BCUT2D eigenvalue weighted by atomic mass is 10.0. The summed E-state index contributed by atoms with van der Waals surface area (Å²) < 4.78 is 11.0. The first-order chi connectivity index (χ1) is 21.4. The summed E-state index contributed by atoms with van der Waals surface area (Å²) >= 11 is 0. The number of anilines is 2. The lowest BCUT2D eigenvalue weighted by Gasteiger charge is -2.27. The van der Waals surface area contributed by atoms with E-state index in [2.05, 4.69) is 61.8 Å². The number of rotatable bonds is 4. The SMILES string of the molecule is C.CCN(C)c1ccc2c(n1)[C@@H](C)CN(C(=O)OC(C)(C)C)CC2.CCN(C)c1ccc2c(n1)[C@H](C)CN(C(=O)OC(C)(C)C)CC2. The highest BCUT2D eigenvalue weighted by atomic mass is 16.6. The van der Waals surface area contributed by atoms with Gasteiger partial charge in [-0.25, -0.2) is 19.6 Å². The lowest BCUT2D eigenvalue weighted by molar-refractivity contribution is 0.0237. The molecule has 0 bridgehead atoms. The van der Waals surface area contributed by atoms with Crippen LogP contribution in [0.2, 0.25) is 0 Å². The fourth-order valence-electron chi connectivity index (χ4n) is 5.52. The van der Waals surface area contributed by atoms with Gasteiger partial charge in [-0.05, 0) is 91.5 Å². The second kappa shape index (κ2) is 16.5. The Morgan fingerprint density at radius 2 is 1.06 bits per heavy atom. The van der Waals surface area contributed by atoms with Crippen molar-refractivity contribution < 1.29 is 19.1 Å². The van der Waals surface area contributed by atoms with Crippen molar-refractivity contribution in [3.63, 3.8) is 0 Å². The Morgan fingerprint density at radius 1 is 0.723 bits per heavy atom. The molecule has 0 saturated heterocycles. The van der Waals surface area contributed by atoms with Gasteiger partial charge in [0.25, 0.3) is 0 Å². The van der Waals surface area contributed by atoms with Crippen molar-refractivity contribution in [2.45, 2.75) is 113 Å². The van der Waals surface area contributed by atoms with E-state index in [9.17, 15) is 9.59 Å². The Morgan fingerprint density at radius 3 is 1.36 bits per heavy atom. The molecule has 2 aromatic rings. The van der Waals surface area contributed by atoms with Crippen LogP contribution in [-0.4, -0.2) is 96.5 Å². The van der Waals surface area contributed by atoms with Gasteiger partial charge >= 0.3 is 12.2 Å². The summed E-state index contributed by atoms with van der Waals surface area (Å²) in [6, 6.07) is 8.44. The summed E-state index contributed by atoms with van der Waals surface area (Å²) in [7, 11) is 4.09. The van der Waals surface area contributed by atoms with Crippen LogP contribution in [0, 0.1) is 0 Å². The summed E-state index contributed by atoms with van der Waals surface area (Å²) in [6.45, 7) is 24.4. The molecule has 0 aromatic carbocycles. The molecular weight excluding hydrogens is 592 g/mol. The minimum Gasteiger partial charge on any atom is -0.444 e. The fraction of sp³-hybridized carbons (Fsp3) is 0.676. The summed E-state index contributed by atoms with van der Waals surface area (Å²) in [5.74, 6) is 2.38. The first kappa shape index (κ1) is 39.6. The third-order valence-electron chi connectivity index (χ3n) is 8.25. The molecule has 0 fully saturated rings. The number of hydrogen-bond acceptors (Lipinski definition) is 8. The smallest absolute Gasteiger partial charge is 0.410 e. The number of ether oxygens (including phenoxy) is 2.